The molecule has 292 valence electrons. The predicted octanol–water partition coefficient (Wildman–Crippen LogP) is 6.80. The highest BCUT2D eigenvalue weighted by Crippen LogP contribution is 2.49. The number of carbonyl (C=O) groups is 4. The zero-order chi connectivity index (χ0) is 37.9. The number of unbranched alkanes of at least 4 members (excludes halogenated alkanes) is 3. The fourth-order valence-electron chi connectivity index (χ4n) is 8.65. The Labute approximate surface area is 322 Å². The van der Waals surface area contributed by atoms with Crippen LogP contribution in [0, 0.1) is 11.8 Å². The number of hydrogen-bond acceptors (Lipinski definition) is 9. The maximum atomic E-state index is 14.5. The van der Waals surface area contributed by atoms with Gasteiger partial charge in [-0.05, 0) is 73.5 Å². The Kier molecular flexibility index (Phi) is 14.0. The minimum absolute atomic E-state index is 0.0519. The van der Waals surface area contributed by atoms with E-state index in [9.17, 15) is 24.3 Å². The second kappa shape index (κ2) is 19.0. The van der Waals surface area contributed by atoms with Crippen LogP contribution in [0.25, 0.3) is 0 Å². The molecule has 4 aliphatic rings. The van der Waals surface area contributed by atoms with E-state index >= 15 is 0 Å². The van der Waals surface area contributed by atoms with Gasteiger partial charge in [-0.2, -0.15) is 11.8 Å². The number of nitrogens with one attached hydrogen (secondary N) is 3. The number of fused-ring (bicyclic) bond motifs is 3. The number of aliphatic hydroxyl groups excluding tert-OH is 1. The van der Waals surface area contributed by atoms with Gasteiger partial charge in [-0.1, -0.05) is 86.8 Å². The zero-order valence-corrected chi connectivity index (χ0v) is 32.1. The molecule has 4 fully saturated rings. The molecule has 12 heteroatoms. The summed E-state index contributed by atoms with van der Waals surface area (Å²) in [5.74, 6) is 0.530. The van der Waals surface area contributed by atoms with Gasteiger partial charge in [-0.25, -0.2) is 9.59 Å². The number of thioether (sulfide) groups is 1. The van der Waals surface area contributed by atoms with E-state index in [1.807, 2.05) is 48.2 Å². The van der Waals surface area contributed by atoms with Gasteiger partial charge < -0.3 is 35.3 Å². The van der Waals surface area contributed by atoms with Gasteiger partial charge in [0, 0.05) is 30.4 Å². The molecule has 54 heavy (non-hydrogen) atoms. The van der Waals surface area contributed by atoms with E-state index < -0.39 is 24.3 Å². The van der Waals surface area contributed by atoms with Crippen molar-refractivity contribution < 1.29 is 38.5 Å². The molecule has 11 nitrogen and oxygen atoms in total. The number of rotatable bonds is 19. The number of esters is 2. The first-order chi connectivity index (χ1) is 26.3. The number of urea groups is 1. The van der Waals surface area contributed by atoms with Gasteiger partial charge in [0.1, 0.15) is 6.10 Å². The maximum absolute atomic E-state index is 14.5. The van der Waals surface area contributed by atoms with Crippen molar-refractivity contribution in [1.29, 1.82) is 0 Å². The fourth-order valence-corrected chi connectivity index (χ4v) is 10.2. The third-order valence-electron chi connectivity index (χ3n) is 11.3. The molecule has 2 aromatic rings. The van der Waals surface area contributed by atoms with Crippen LogP contribution in [-0.2, 0) is 34.2 Å². The molecule has 6 rings (SSSR count). The molecule has 0 radical (unpaired) electrons. The van der Waals surface area contributed by atoms with Gasteiger partial charge >= 0.3 is 18.0 Å². The van der Waals surface area contributed by atoms with Crippen molar-refractivity contribution in [1.82, 2.24) is 16.0 Å². The Balaban J connectivity index is 1.01. The van der Waals surface area contributed by atoms with Crippen LogP contribution in [0.5, 0.6) is 0 Å². The normalized spacial score (nSPS) is 24.3. The van der Waals surface area contributed by atoms with E-state index in [1.54, 1.807) is 24.3 Å². The number of allylic oxidation sites excluding steroid dienone is 2. The summed E-state index contributed by atoms with van der Waals surface area (Å²) in [4.78, 5) is 51.4. The first kappa shape index (κ1) is 39.7. The first-order valence-corrected chi connectivity index (χ1v) is 20.8. The Morgan fingerprint density at radius 3 is 2.22 bits per heavy atom. The van der Waals surface area contributed by atoms with E-state index in [2.05, 4.69) is 22.9 Å². The lowest BCUT2D eigenvalue weighted by Gasteiger charge is -2.36. The SMILES string of the molecule is CCCCCC(O)=C1C2CCC1CC(OC(=O)C(OCOC(=O)CCNC(=O)CCCC[C@@H]1SCC3NC(=O)N[C@@H]31)(c1ccccc1)c1ccccc1)C2. The fraction of sp³-hybridized carbons (Fsp3) is 0.571. The third-order valence-corrected chi connectivity index (χ3v) is 12.8. The average molecular weight is 762 g/mol. The molecule has 3 unspecified atom stereocenters. The third kappa shape index (κ3) is 9.60. The summed E-state index contributed by atoms with van der Waals surface area (Å²) >= 11 is 1.86. The van der Waals surface area contributed by atoms with Crippen molar-refractivity contribution in [2.45, 2.75) is 119 Å². The predicted molar refractivity (Wildman–Crippen MR) is 206 cm³/mol. The van der Waals surface area contributed by atoms with Gasteiger partial charge in [0.25, 0.3) is 0 Å². The summed E-state index contributed by atoms with van der Waals surface area (Å²) in [6.07, 6.45) is 9.59. The van der Waals surface area contributed by atoms with Crippen molar-refractivity contribution in [2.75, 3.05) is 19.1 Å². The van der Waals surface area contributed by atoms with Gasteiger partial charge in [0.05, 0.1) is 24.3 Å². The van der Waals surface area contributed by atoms with Crippen LogP contribution in [0.2, 0.25) is 0 Å². The van der Waals surface area contributed by atoms with Crippen molar-refractivity contribution in [3.63, 3.8) is 0 Å². The second-order valence-electron chi connectivity index (χ2n) is 15.0. The molecule has 2 aromatic carbocycles. The molecule has 3 amide bonds. The number of hydrogen-bond donors (Lipinski definition) is 4. The van der Waals surface area contributed by atoms with Crippen LogP contribution >= 0.6 is 11.8 Å². The van der Waals surface area contributed by atoms with E-state index in [0.717, 1.165) is 62.7 Å². The van der Waals surface area contributed by atoms with Crippen LogP contribution in [0.4, 0.5) is 4.79 Å². The topological polar surface area (TPSA) is 152 Å². The molecule has 2 bridgehead atoms. The molecule has 5 atom stereocenters. The van der Waals surface area contributed by atoms with Gasteiger partial charge in [0.2, 0.25) is 11.5 Å². The summed E-state index contributed by atoms with van der Waals surface area (Å²) in [6, 6.07) is 18.5. The number of amides is 3. The summed E-state index contributed by atoms with van der Waals surface area (Å²) in [7, 11) is 0. The standard InChI is InChI=1S/C42H55N3O8S/c1-2-3-6-17-34(46)38-28-20-21-29(38)25-32(24-28)53-40(49)42(30-13-7-4-8-14-30,31-15-9-5-10-16-31)52-27-51-37(48)22-23-43-36(47)19-12-11-18-35-39-33(26-54-35)44-41(50)45-39/h4-5,7-10,13-16,28-29,32-33,35,39,46H,2-3,6,11-12,17-27H2,1H3,(H,43,47)(H2,44,45,50)/t28?,29?,32?,33?,35-,39-/m0/s1. The van der Waals surface area contributed by atoms with E-state index in [-0.39, 0.29) is 54.9 Å². The number of aliphatic hydroxyl groups is 1. The zero-order valence-electron chi connectivity index (χ0n) is 31.3. The Bertz CT molecular complexity index is 1570. The van der Waals surface area contributed by atoms with Crippen molar-refractivity contribution >= 4 is 35.6 Å². The molecule has 2 aliphatic heterocycles. The molecule has 2 saturated heterocycles. The molecular formula is C42H55N3O8S. The van der Waals surface area contributed by atoms with Crippen LogP contribution < -0.4 is 16.0 Å². The molecule has 0 aromatic heterocycles. The summed E-state index contributed by atoms with van der Waals surface area (Å²) in [6.45, 7) is 1.77. The first-order valence-electron chi connectivity index (χ1n) is 19.8. The lowest BCUT2D eigenvalue weighted by Crippen LogP contribution is -2.44. The van der Waals surface area contributed by atoms with Crippen molar-refractivity contribution in [3.8, 4) is 0 Å². The Morgan fingerprint density at radius 1 is 0.889 bits per heavy atom. The van der Waals surface area contributed by atoms with Crippen molar-refractivity contribution in [2.24, 2.45) is 11.8 Å². The van der Waals surface area contributed by atoms with E-state index in [0.29, 0.717) is 47.8 Å². The molecule has 0 spiro atoms. The number of carbonyl (C=O) groups excluding carboxylic acids is 4. The van der Waals surface area contributed by atoms with Gasteiger partial charge in [-0.15, -0.1) is 0 Å². The minimum Gasteiger partial charge on any atom is -0.512 e. The summed E-state index contributed by atoms with van der Waals surface area (Å²) < 4.78 is 18.2. The quantitative estimate of drug-likeness (QED) is 0.0398. The average Bonchev–Trinajstić information content (AvgIpc) is 3.82. The van der Waals surface area contributed by atoms with Crippen molar-refractivity contribution in [3.05, 3.63) is 83.1 Å². The lowest BCUT2D eigenvalue weighted by atomic mass is 9.80. The van der Waals surface area contributed by atoms with Crippen LogP contribution in [0.1, 0.15) is 102 Å². The van der Waals surface area contributed by atoms with Crippen LogP contribution in [0.3, 0.4) is 0 Å². The highest BCUT2D eigenvalue weighted by atomic mass is 32.2. The van der Waals surface area contributed by atoms with E-state index in [1.165, 1.54) is 0 Å². The van der Waals surface area contributed by atoms with Gasteiger partial charge in [-0.3, -0.25) is 9.59 Å². The van der Waals surface area contributed by atoms with Crippen LogP contribution in [-0.4, -0.2) is 71.5 Å². The largest absolute Gasteiger partial charge is 0.512 e. The highest BCUT2D eigenvalue weighted by molar-refractivity contribution is 8.00. The monoisotopic (exact) mass is 761 g/mol. The Hall–Kier alpha value is -4.03. The van der Waals surface area contributed by atoms with Crippen LogP contribution in [0.15, 0.2) is 72.0 Å². The number of ether oxygens (including phenoxy) is 3. The Morgan fingerprint density at radius 2 is 1.56 bits per heavy atom. The maximum Gasteiger partial charge on any atom is 0.348 e. The van der Waals surface area contributed by atoms with Gasteiger partial charge in [0.15, 0.2) is 6.79 Å². The highest BCUT2D eigenvalue weighted by Gasteiger charge is 2.49. The minimum atomic E-state index is -1.70. The molecular weight excluding hydrogens is 707 g/mol. The summed E-state index contributed by atoms with van der Waals surface area (Å²) in [5.41, 5.74) is 0.555. The molecule has 2 heterocycles. The smallest absolute Gasteiger partial charge is 0.348 e. The lowest BCUT2D eigenvalue weighted by molar-refractivity contribution is -0.195. The second-order valence-corrected chi connectivity index (χ2v) is 16.3. The summed E-state index contributed by atoms with van der Waals surface area (Å²) in [5, 5.41) is 20.1. The van der Waals surface area contributed by atoms with E-state index in [4.69, 9.17) is 14.2 Å². The molecule has 4 N–H and O–H groups in total. The molecule has 2 aliphatic carbocycles. The number of benzene rings is 2. The molecule has 2 saturated carbocycles.